The Labute approximate surface area is 125 Å². The van der Waals surface area contributed by atoms with E-state index in [1.807, 2.05) is 24.3 Å². The molecule has 1 fully saturated rings. The summed E-state index contributed by atoms with van der Waals surface area (Å²) < 4.78 is 1.04. The summed E-state index contributed by atoms with van der Waals surface area (Å²) in [6.07, 6.45) is 4.02. The smallest absolute Gasteiger partial charge is 0.224 e. The highest BCUT2D eigenvalue weighted by Crippen LogP contribution is 2.27. The second-order valence-electron chi connectivity index (χ2n) is 4.82. The number of nitrogens with one attached hydrogen (secondary N) is 1. The van der Waals surface area contributed by atoms with Gasteiger partial charge in [-0.15, -0.1) is 0 Å². The third-order valence-electron chi connectivity index (χ3n) is 3.48. The van der Waals surface area contributed by atoms with Crippen molar-refractivity contribution in [1.82, 2.24) is 5.32 Å². The molecule has 0 aliphatic heterocycles. The number of alkyl halides is 1. The molecule has 1 N–H and O–H groups in total. The molecule has 1 aliphatic carbocycles. The van der Waals surface area contributed by atoms with Crippen LogP contribution in [0.15, 0.2) is 28.7 Å². The Morgan fingerprint density at radius 1 is 1.28 bits per heavy atom. The van der Waals surface area contributed by atoms with E-state index in [-0.39, 0.29) is 5.91 Å². The van der Waals surface area contributed by atoms with E-state index < -0.39 is 0 Å². The van der Waals surface area contributed by atoms with Crippen LogP contribution in [0.1, 0.15) is 24.8 Å². The molecule has 4 heteroatoms. The second-order valence-corrected chi connectivity index (χ2v) is 6.39. The summed E-state index contributed by atoms with van der Waals surface area (Å²) in [6, 6.07) is 8.27. The van der Waals surface area contributed by atoms with Gasteiger partial charge in [-0.2, -0.15) is 0 Å². The Balaban J connectivity index is 1.86. The van der Waals surface area contributed by atoms with Gasteiger partial charge in [0.2, 0.25) is 5.91 Å². The van der Waals surface area contributed by atoms with Gasteiger partial charge in [-0.3, -0.25) is 4.79 Å². The van der Waals surface area contributed by atoms with E-state index in [0.29, 0.717) is 18.4 Å². The van der Waals surface area contributed by atoms with E-state index in [1.54, 1.807) is 0 Å². The highest BCUT2D eigenvalue weighted by atomic mass is 79.9. The van der Waals surface area contributed by atoms with Crippen molar-refractivity contribution in [2.24, 2.45) is 5.92 Å². The van der Waals surface area contributed by atoms with Crippen molar-refractivity contribution in [1.29, 1.82) is 0 Å². The van der Waals surface area contributed by atoms with E-state index >= 15 is 0 Å². The summed E-state index contributed by atoms with van der Waals surface area (Å²) in [6.45, 7) is 0. The lowest BCUT2D eigenvalue weighted by Gasteiger charge is -2.19. The molecule has 0 heterocycles. The van der Waals surface area contributed by atoms with Crippen LogP contribution in [-0.2, 0) is 11.2 Å². The van der Waals surface area contributed by atoms with Crippen LogP contribution >= 0.6 is 31.9 Å². The van der Waals surface area contributed by atoms with Crippen LogP contribution in [0.4, 0.5) is 0 Å². The number of carbonyl (C=O) groups excluding carboxylic acids is 1. The molecule has 1 aliphatic rings. The van der Waals surface area contributed by atoms with Crippen molar-refractivity contribution in [2.45, 2.75) is 31.7 Å². The average Bonchev–Trinajstić information content (AvgIpc) is 2.79. The van der Waals surface area contributed by atoms with E-state index in [4.69, 9.17) is 0 Å². The molecule has 2 unspecified atom stereocenters. The SMILES string of the molecule is O=C(Cc1ccc(Br)cc1)NC1CCCC1CBr. The van der Waals surface area contributed by atoms with Crippen molar-refractivity contribution in [3.63, 3.8) is 0 Å². The number of amides is 1. The monoisotopic (exact) mass is 373 g/mol. The fraction of sp³-hybridized carbons (Fsp3) is 0.500. The predicted molar refractivity (Wildman–Crippen MR) is 80.9 cm³/mol. The van der Waals surface area contributed by atoms with Crippen LogP contribution in [0.25, 0.3) is 0 Å². The Bertz CT molecular complexity index is 405. The molecule has 1 aromatic carbocycles. The van der Waals surface area contributed by atoms with Crippen molar-refractivity contribution < 1.29 is 4.79 Å². The second kappa shape index (κ2) is 6.71. The van der Waals surface area contributed by atoms with Crippen molar-refractivity contribution in [3.05, 3.63) is 34.3 Å². The van der Waals surface area contributed by atoms with Crippen LogP contribution < -0.4 is 5.32 Å². The first kappa shape index (κ1) is 14.1. The Hall–Kier alpha value is -0.350. The largest absolute Gasteiger partial charge is 0.353 e. The molecule has 1 aromatic rings. The van der Waals surface area contributed by atoms with Crippen LogP contribution in [-0.4, -0.2) is 17.3 Å². The van der Waals surface area contributed by atoms with E-state index in [1.165, 1.54) is 12.8 Å². The molecule has 1 amide bonds. The van der Waals surface area contributed by atoms with Crippen LogP contribution in [0.2, 0.25) is 0 Å². The summed E-state index contributed by atoms with van der Waals surface area (Å²) in [4.78, 5) is 12.0. The summed E-state index contributed by atoms with van der Waals surface area (Å²) in [5.74, 6) is 0.731. The normalized spacial score (nSPS) is 23.0. The summed E-state index contributed by atoms with van der Waals surface area (Å²) >= 11 is 6.92. The molecule has 0 aromatic heterocycles. The number of hydrogen-bond acceptors (Lipinski definition) is 1. The van der Waals surface area contributed by atoms with E-state index in [9.17, 15) is 4.79 Å². The molecule has 2 nitrogen and oxygen atoms in total. The molecular weight excluding hydrogens is 358 g/mol. The maximum absolute atomic E-state index is 12.0. The van der Waals surface area contributed by atoms with Crippen molar-refractivity contribution in [2.75, 3.05) is 5.33 Å². The van der Waals surface area contributed by atoms with Gasteiger partial charge in [0.15, 0.2) is 0 Å². The van der Waals surface area contributed by atoms with Gasteiger partial charge in [-0.25, -0.2) is 0 Å². The van der Waals surface area contributed by atoms with Crippen LogP contribution in [0.3, 0.4) is 0 Å². The van der Waals surface area contributed by atoms with Gasteiger partial charge in [0.1, 0.15) is 0 Å². The van der Waals surface area contributed by atoms with Crippen molar-refractivity contribution in [3.8, 4) is 0 Å². The van der Waals surface area contributed by atoms with Crippen LogP contribution in [0.5, 0.6) is 0 Å². The van der Waals surface area contributed by atoms with Gasteiger partial charge < -0.3 is 5.32 Å². The zero-order chi connectivity index (χ0) is 13.0. The summed E-state index contributed by atoms with van der Waals surface area (Å²) in [5, 5.41) is 4.14. The average molecular weight is 375 g/mol. The predicted octanol–water partition coefficient (Wildman–Crippen LogP) is 3.67. The zero-order valence-corrected chi connectivity index (χ0v) is 13.3. The zero-order valence-electron chi connectivity index (χ0n) is 10.2. The van der Waals surface area contributed by atoms with Gasteiger partial charge in [0, 0.05) is 15.8 Å². The molecule has 0 saturated heterocycles. The lowest BCUT2D eigenvalue weighted by molar-refractivity contribution is -0.121. The van der Waals surface area contributed by atoms with Crippen molar-refractivity contribution >= 4 is 37.8 Å². The number of rotatable bonds is 4. The number of halogens is 2. The lowest BCUT2D eigenvalue weighted by Crippen LogP contribution is -2.38. The molecule has 0 radical (unpaired) electrons. The lowest BCUT2D eigenvalue weighted by atomic mass is 10.1. The highest BCUT2D eigenvalue weighted by molar-refractivity contribution is 9.10. The minimum Gasteiger partial charge on any atom is -0.353 e. The molecule has 98 valence electrons. The topological polar surface area (TPSA) is 29.1 Å². The Kier molecular flexibility index (Phi) is 5.25. The third kappa shape index (κ3) is 3.82. The van der Waals surface area contributed by atoms with Gasteiger partial charge >= 0.3 is 0 Å². The summed E-state index contributed by atoms with van der Waals surface area (Å²) in [5.41, 5.74) is 1.06. The number of benzene rings is 1. The minimum absolute atomic E-state index is 0.134. The van der Waals surface area contributed by atoms with Gasteiger partial charge in [0.05, 0.1) is 6.42 Å². The van der Waals surface area contributed by atoms with Gasteiger partial charge in [-0.05, 0) is 36.5 Å². The molecule has 0 bridgehead atoms. The molecular formula is C14H17Br2NO. The third-order valence-corrected chi connectivity index (χ3v) is 4.84. The molecule has 2 rings (SSSR count). The molecule has 2 atom stereocenters. The maximum atomic E-state index is 12.0. The molecule has 1 saturated carbocycles. The maximum Gasteiger partial charge on any atom is 0.224 e. The highest BCUT2D eigenvalue weighted by Gasteiger charge is 2.27. The van der Waals surface area contributed by atoms with E-state index in [2.05, 4.69) is 37.2 Å². The standard InChI is InChI=1S/C14H17Br2NO/c15-9-11-2-1-3-13(11)17-14(18)8-10-4-6-12(16)7-5-10/h4-7,11,13H,1-3,8-9H2,(H,17,18). The minimum atomic E-state index is 0.134. The van der Waals surface area contributed by atoms with Gasteiger partial charge in [0.25, 0.3) is 0 Å². The fourth-order valence-electron chi connectivity index (χ4n) is 2.46. The Morgan fingerprint density at radius 3 is 2.67 bits per heavy atom. The van der Waals surface area contributed by atoms with E-state index in [0.717, 1.165) is 21.8 Å². The fourth-order valence-corrected chi connectivity index (χ4v) is 3.50. The number of hydrogen-bond donors (Lipinski definition) is 1. The molecule has 18 heavy (non-hydrogen) atoms. The first-order chi connectivity index (χ1) is 8.69. The summed E-state index contributed by atoms with van der Waals surface area (Å²) in [7, 11) is 0. The molecule has 0 spiro atoms. The van der Waals surface area contributed by atoms with Crippen LogP contribution in [0, 0.1) is 5.92 Å². The van der Waals surface area contributed by atoms with Gasteiger partial charge in [-0.1, -0.05) is 50.4 Å². The first-order valence-corrected chi connectivity index (χ1v) is 8.20. The first-order valence-electron chi connectivity index (χ1n) is 6.29. The quantitative estimate of drug-likeness (QED) is 0.800. The number of carbonyl (C=O) groups is 1. The Morgan fingerprint density at radius 2 is 2.00 bits per heavy atom.